The van der Waals surface area contributed by atoms with E-state index in [-0.39, 0.29) is 12.8 Å². The van der Waals surface area contributed by atoms with Crippen LogP contribution in [0.25, 0.3) is 22.2 Å². The third-order valence-corrected chi connectivity index (χ3v) is 5.22. The average molecular weight is 542 g/mol. The maximum absolute atomic E-state index is 5.97. The fraction of sp³-hybridized carbons (Fsp3) is 0.381. The molecule has 0 saturated heterocycles. The molecule has 0 unspecified atom stereocenters. The second-order valence-corrected chi connectivity index (χ2v) is 11.9. The summed E-state index contributed by atoms with van der Waals surface area (Å²) in [6.07, 6.45) is 0.775. The summed E-state index contributed by atoms with van der Waals surface area (Å²) in [6, 6.07) is 12.0. The Labute approximate surface area is 211 Å². The smallest absolute Gasteiger partial charge is 0.197 e. The molecular formula is C21H19Cl6N3O. The van der Waals surface area contributed by atoms with Crippen molar-refractivity contribution in [2.24, 2.45) is 0 Å². The third kappa shape index (κ3) is 7.46. The molecule has 0 aliphatic heterocycles. The van der Waals surface area contributed by atoms with Gasteiger partial charge >= 0.3 is 0 Å². The molecule has 0 fully saturated rings. The summed E-state index contributed by atoms with van der Waals surface area (Å²) in [5.41, 5.74) is 1.99. The fourth-order valence-corrected chi connectivity index (χ4v) is 3.92. The summed E-state index contributed by atoms with van der Waals surface area (Å²) in [5, 5.41) is 2.08. The van der Waals surface area contributed by atoms with Gasteiger partial charge in [-0.25, -0.2) is 15.0 Å². The Kier molecular flexibility index (Phi) is 8.53. The molecule has 2 aromatic carbocycles. The molecule has 0 radical (unpaired) electrons. The molecule has 3 rings (SSSR count). The second-order valence-electron chi connectivity index (χ2n) is 6.84. The number of ether oxygens (including phenoxy) is 1. The highest BCUT2D eigenvalue weighted by Crippen LogP contribution is 2.34. The average Bonchev–Trinajstić information content (AvgIpc) is 2.65. The van der Waals surface area contributed by atoms with Gasteiger partial charge in [0, 0.05) is 12.2 Å². The van der Waals surface area contributed by atoms with Gasteiger partial charge in [-0.2, -0.15) is 0 Å². The summed E-state index contributed by atoms with van der Waals surface area (Å²) in [5.74, 6) is 1.04. The minimum Gasteiger partial charge on any atom is -0.381 e. The van der Waals surface area contributed by atoms with Crippen LogP contribution < -0.4 is 0 Å². The first-order chi connectivity index (χ1) is 14.6. The van der Waals surface area contributed by atoms with Crippen LogP contribution >= 0.6 is 69.6 Å². The van der Waals surface area contributed by atoms with Crippen LogP contribution in [0.2, 0.25) is 0 Å². The number of aromatic nitrogens is 3. The number of rotatable bonds is 7. The maximum Gasteiger partial charge on any atom is 0.197 e. The van der Waals surface area contributed by atoms with Gasteiger partial charge < -0.3 is 4.74 Å². The highest BCUT2D eigenvalue weighted by atomic mass is 35.6. The topological polar surface area (TPSA) is 47.9 Å². The molecule has 0 atom stereocenters. The van der Waals surface area contributed by atoms with E-state index in [1.165, 1.54) is 5.56 Å². The van der Waals surface area contributed by atoms with Crippen molar-refractivity contribution in [1.82, 2.24) is 15.0 Å². The van der Waals surface area contributed by atoms with Gasteiger partial charge in [0.2, 0.25) is 0 Å². The monoisotopic (exact) mass is 539 g/mol. The van der Waals surface area contributed by atoms with Gasteiger partial charge in [0.15, 0.2) is 13.4 Å². The van der Waals surface area contributed by atoms with Crippen molar-refractivity contribution >= 4 is 80.4 Å². The normalized spacial score (nSPS) is 12.5. The van der Waals surface area contributed by atoms with Crippen molar-refractivity contribution in [1.29, 1.82) is 0 Å². The lowest BCUT2D eigenvalue weighted by molar-refractivity contribution is 0.151. The molecule has 4 nitrogen and oxygen atoms in total. The molecule has 0 aliphatic carbocycles. The van der Waals surface area contributed by atoms with Crippen LogP contribution in [0, 0.1) is 0 Å². The van der Waals surface area contributed by atoms with Gasteiger partial charge in [0.1, 0.15) is 11.6 Å². The Morgan fingerprint density at radius 3 is 1.90 bits per heavy atom. The van der Waals surface area contributed by atoms with Gasteiger partial charge in [-0.1, -0.05) is 106 Å². The molecule has 0 spiro atoms. The number of hydrogen-bond acceptors (Lipinski definition) is 4. The zero-order valence-corrected chi connectivity index (χ0v) is 21.1. The molecule has 0 N–H and O–H groups in total. The van der Waals surface area contributed by atoms with E-state index in [2.05, 4.69) is 21.0 Å². The summed E-state index contributed by atoms with van der Waals surface area (Å²) in [6.45, 7) is 3.30. The highest BCUT2D eigenvalue weighted by Gasteiger charge is 2.27. The predicted octanol–water partition coefficient (Wildman–Crippen LogP) is 7.10. The van der Waals surface area contributed by atoms with Crippen molar-refractivity contribution in [3.8, 4) is 11.4 Å². The van der Waals surface area contributed by atoms with Gasteiger partial charge in [-0.15, -0.1) is 0 Å². The number of benzene rings is 2. The minimum absolute atomic E-state index is 0.00951. The molecule has 31 heavy (non-hydrogen) atoms. The molecule has 10 heteroatoms. The van der Waals surface area contributed by atoms with Gasteiger partial charge in [-0.05, 0) is 29.7 Å². The van der Waals surface area contributed by atoms with Gasteiger partial charge in [-0.3, -0.25) is 0 Å². The standard InChI is InChI=1S/C21H19Cl6N3O/c1-2-31-10-9-13-7-8-16(15-6-4-3-5-14(13)15)19-29-17(11-20(22,23)24)28-18(30-19)12-21(25,26)27/h3-8H,2,9-12H2,1H3. The van der Waals surface area contributed by atoms with Crippen molar-refractivity contribution in [2.75, 3.05) is 13.2 Å². The van der Waals surface area contributed by atoms with E-state index in [4.69, 9.17) is 74.3 Å². The van der Waals surface area contributed by atoms with Crippen LogP contribution in [0.15, 0.2) is 36.4 Å². The van der Waals surface area contributed by atoms with Crippen LogP contribution in [0.3, 0.4) is 0 Å². The number of halogens is 6. The van der Waals surface area contributed by atoms with Crippen molar-refractivity contribution in [2.45, 2.75) is 33.8 Å². The predicted molar refractivity (Wildman–Crippen MR) is 131 cm³/mol. The van der Waals surface area contributed by atoms with Gasteiger partial charge in [0.25, 0.3) is 0 Å². The third-order valence-electron chi connectivity index (χ3n) is 4.42. The first-order valence-corrected chi connectivity index (χ1v) is 11.8. The number of alkyl halides is 6. The van der Waals surface area contributed by atoms with E-state index in [0.717, 1.165) is 22.8 Å². The van der Waals surface area contributed by atoms with E-state index < -0.39 is 7.59 Å². The van der Waals surface area contributed by atoms with Gasteiger partial charge in [0.05, 0.1) is 19.4 Å². The first-order valence-electron chi connectivity index (χ1n) is 9.52. The number of nitrogens with zero attached hydrogens (tertiary/aromatic N) is 3. The largest absolute Gasteiger partial charge is 0.381 e. The Morgan fingerprint density at radius 2 is 1.35 bits per heavy atom. The Morgan fingerprint density at radius 1 is 0.774 bits per heavy atom. The van der Waals surface area contributed by atoms with E-state index >= 15 is 0 Å². The summed E-state index contributed by atoms with van der Waals surface area (Å²) in [7, 11) is 0. The summed E-state index contributed by atoms with van der Waals surface area (Å²) < 4.78 is 2.38. The summed E-state index contributed by atoms with van der Waals surface area (Å²) >= 11 is 35.8. The Hall–Kier alpha value is -0.590. The lowest BCUT2D eigenvalue weighted by Gasteiger charge is -2.15. The van der Waals surface area contributed by atoms with Crippen LogP contribution in [-0.2, 0) is 24.0 Å². The minimum atomic E-state index is -1.57. The lowest BCUT2D eigenvalue weighted by atomic mass is 9.97. The number of hydrogen-bond donors (Lipinski definition) is 0. The molecule has 166 valence electrons. The van der Waals surface area contributed by atoms with Crippen molar-refractivity contribution in [3.63, 3.8) is 0 Å². The maximum atomic E-state index is 5.97. The van der Waals surface area contributed by atoms with E-state index in [1.54, 1.807) is 0 Å². The quantitative estimate of drug-likeness (QED) is 0.236. The number of fused-ring (bicyclic) bond motifs is 1. The zero-order valence-electron chi connectivity index (χ0n) is 16.5. The summed E-state index contributed by atoms with van der Waals surface area (Å²) in [4.78, 5) is 13.4. The molecule has 0 aliphatic rings. The molecule has 0 amide bonds. The van der Waals surface area contributed by atoms with Crippen LogP contribution in [0.1, 0.15) is 24.1 Å². The molecular weight excluding hydrogens is 523 g/mol. The lowest BCUT2D eigenvalue weighted by Crippen LogP contribution is -2.17. The molecule has 1 heterocycles. The van der Waals surface area contributed by atoms with E-state index in [1.807, 2.05) is 37.3 Å². The molecule has 3 aromatic rings. The van der Waals surface area contributed by atoms with E-state index in [9.17, 15) is 0 Å². The SMILES string of the molecule is CCOCCc1ccc(-c2nc(CC(Cl)(Cl)Cl)nc(CC(Cl)(Cl)Cl)n2)c2ccccc12. The Bertz CT molecular complexity index is 1020. The molecule has 1 aromatic heterocycles. The van der Waals surface area contributed by atoms with E-state index in [0.29, 0.717) is 30.7 Å². The first kappa shape index (κ1) is 25.0. The fourth-order valence-electron chi connectivity index (χ4n) is 3.21. The molecule has 0 bridgehead atoms. The second kappa shape index (κ2) is 10.6. The van der Waals surface area contributed by atoms with Crippen molar-refractivity contribution in [3.05, 3.63) is 53.6 Å². The van der Waals surface area contributed by atoms with Crippen LogP contribution in [0.5, 0.6) is 0 Å². The Balaban J connectivity index is 2.11. The zero-order chi connectivity index (χ0) is 22.6. The van der Waals surface area contributed by atoms with Crippen molar-refractivity contribution < 1.29 is 4.74 Å². The molecule has 0 saturated carbocycles. The van der Waals surface area contributed by atoms with Crippen LogP contribution in [-0.4, -0.2) is 35.8 Å². The highest BCUT2D eigenvalue weighted by molar-refractivity contribution is 6.68. The van der Waals surface area contributed by atoms with Crippen LogP contribution in [0.4, 0.5) is 0 Å².